The summed E-state index contributed by atoms with van der Waals surface area (Å²) in [6, 6.07) is 9.26. The van der Waals surface area contributed by atoms with Crippen LogP contribution in [0, 0.1) is 6.92 Å². The van der Waals surface area contributed by atoms with E-state index in [1.807, 2.05) is 6.92 Å². The van der Waals surface area contributed by atoms with E-state index in [9.17, 15) is 8.42 Å². The molecule has 20 heavy (non-hydrogen) atoms. The average molecular weight is 331 g/mol. The highest BCUT2D eigenvalue weighted by atomic mass is 35.5. The Morgan fingerprint density at radius 2 is 1.75 bits per heavy atom. The molecule has 0 saturated carbocycles. The SMILES string of the molecule is Cc1ccc(Cl)c(NS(=O)(=O)c2ccc(N)cc2Cl)c1. The Balaban J connectivity index is 2.43. The van der Waals surface area contributed by atoms with Crippen LogP contribution in [-0.4, -0.2) is 8.42 Å². The van der Waals surface area contributed by atoms with E-state index in [0.29, 0.717) is 16.4 Å². The van der Waals surface area contributed by atoms with Crippen molar-refractivity contribution in [3.63, 3.8) is 0 Å². The number of nitrogens with two attached hydrogens (primary N) is 1. The smallest absolute Gasteiger partial charge is 0.263 e. The minimum atomic E-state index is -3.82. The Morgan fingerprint density at radius 3 is 2.40 bits per heavy atom. The Labute approximate surface area is 127 Å². The third-order valence-electron chi connectivity index (χ3n) is 2.61. The van der Waals surface area contributed by atoms with Gasteiger partial charge >= 0.3 is 0 Å². The summed E-state index contributed by atoms with van der Waals surface area (Å²) in [7, 11) is -3.82. The van der Waals surface area contributed by atoms with Crippen LogP contribution in [0.1, 0.15) is 5.56 Å². The lowest BCUT2D eigenvalue weighted by Crippen LogP contribution is -2.14. The fourth-order valence-electron chi connectivity index (χ4n) is 1.65. The van der Waals surface area contributed by atoms with Gasteiger partial charge in [0.25, 0.3) is 10.0 Å². The van der Waals surface area contributed by atoms with Crippen molar-refractivity contribution < 1.29 is 8.42 Å². The molecular weight excluding hydrogens is 319 g/mol. The van der Waals surface area contributed by atoms with Crippen LogP contribution >= 0.6 is 23.2 Å². The van der Waals surface area contributed by atoms with E-state index in [0.717, 1.165) is 5.56 Å². The van der Waals surface area contributed by atoms with Crippen LogP contribution in [0.15, 0.2) is 41.3 Å². The van der Waals surface area contributed by atoms with Gasteiger partial charge < -0.3 is 5.73 Å². The molecule has 0 unspecified atom stereocenters. The Kier molecular flexibility index (Phi) is 4.13. The van der Waals surface area contributed by atoms with E-state index in [4.69, 9.17) is 28.9 Å². The van der Waals surface area contributed by atoms with Crippen LogP contribution in [-0.2, 0) is 10.0 Å². The second-order valence-electron chi connectivity index (χ2n) is 4.28. The Morgan fingerprint density at radius 1 is 1.05 bits per heavy atom. The van der Waals surface area contributed by atoms with Crippen LogP contribution in [0.25, 0.3) is 0 Å². The van der Waals surface area contributed by atoms with Crippen molar-refractivity contribution in [2.75, 3.05) is 10.5 Å². The van der Waals surface area contributed by atoms with Crippen molar-refractivity contribution in [3.8, 4) is 0 Å². The molecule has 2 aromatic carbocycles. The van der Waals surface area contributed by atoms with Gasteiger partial charge in [0.2, 0.25) is 0 Å². The molecule has 0 spiro atoms. The van der Waals surface area contributed by atoms with E-state index in [1.54, 1.807) is 18.2 Å². The van der Waals surface area contributed by atoms with E-state index >= 15 is 0 Å². The predicted octanol–water partition coefficient (Wildman–Crippen LogP) is 3.68. The quantitative estimate of drug-likeness (QED) is 0.843. The minimum absolute atomic E-state index is 0.0501. The second-order valence-corrected chi connectivity index (χ2v) is 6.74. The molecule has 3 N–H and O–H groups in total. The Hall–Kier alpha value is -1.43. The maximum atomic E-state index is 12.3. The first-order valence-corrected chi connectivity index (χ1v) is 7.87. The summed E-state index contributed by atoms with van der Waals surface area (Å²) in [6.45, 7) is 1.84. The molecule has 0 heterocycles. The summed E-state index contributed by atoms with van der Waals surface area (Å²) in [5, 5.41) is 0.368. The topological polar surface area (TPSA) is 72.2 Å². The van der Waals surface area contributed by atoms with Crippen LogP contribution in [0.5, 0.6) is 0 Å². The molecule has 0 radical (unpaired) electrons. The number of hydrogen-bond donors (Lipinski definition) is 2. The van der Waals surface area contributed by atoms with Crippen molar-refractivity contribution in [2.45, 2.75) is 11.8 Å². The Bertz CT molecular complexity index is 761. The first-order valence-electron chi connectivity index (χ1n) is 5.63. The molecule has 0 bridgehead atoms. The monoisotopic (exact) mass is 330 g/mol. The summed E-state index contributed by atoms with van der Waals surface area (Å²) in [5.41, 5.74) is 7.13. The summed E-state index contributed by atoms with van der Waals surface area (Å²) in [6.07, 6.45) is 0. The number of rotatable bonds is 3. The van der Waals surface area contributed by atoms with Gasteiger partial charge in [-0.2, -0.15) is 0 Å². The van der Waals surface area contributed by atoms with Gasteiger partial charge in [-0.25, -0.2) is 8.42 Å². The normalized spacial score (nSPS) is 11.3. The first-order chi connectivity index (χ1) is 9.29. The lowest BCUT2D eigenvalue weighted by molar-refractivity contribution is 0.601. The summed E-state index contributed by atoms with van der Waals surface area (Å²) in [5.74, 6) is 0. The lowest BCUT2D eigenvalue weighted by Gasteiger charge is -2.11. The van der Waals surface area contributed by atoms with Crippen molar-refractivity contribution in [2.24, 2.45) is 0 Å². The summed E-state index contributed by atoms with van der Waals surface area (Å²) in [4.78, 5) is -0.0501. The number of sulfonamides is 1. The second kappa shape index (κ2) is 5.52. The average Bonchev–Trinajstić information content (AvgIpc) is 2.33. The molecule has 0 aliphatic carbocycles. The standard InChI is InChI=1S/C13H12Cl2N2O2S/c1-8-2-4-10(14)12(6-8)17-20(18,19)13-5-3-9(16)7-11(13)15/h2-7,17H,16H2,1H3. The molecule has 7 heteroatoms. The highest BCUT2D eigenvalue weighted by Crippen LogP contribution is 2.29. The molecule has 0 amide bonds. The van der Waals surface area contributed by atoms with E-state index in [1.165, 1.54) is 18.2 Å². The largest absolute Gasteiger partial charge is 0.399 e. The number of nitrogen functional groups attached to an aromatic ring is 1. The third-order valence-corrected chi connectivity index (χ3v) is 4.79. The molecule has 0 aliphatic rings. The number of nitrogens with one attached hydrogen (secondary N) is 1. The maximum Gasteiger partial charge on any atom is 0.263 e. The highest BCUT2D eigenvalue weighted by molar-refractivity contribution is 7.92. The van der Waals surface area contributed by atoms with E-state index < -0.39 is 10.0 Å². The molecule has 0 aliphatic heterocycles. The molecule has 0 saturated heterocycles. The molecule has 0 fully saturated rings. The zero-order valence-electron chi connectivity index (χ0n) is 10.5. The molecule has 2 aromatic rings. The van der Waals surface area contributed by atoms with Crippen molar-refractivity contribution in [1.29, 1.82) is 0 Å². The highest BCUT2D eigenvalue weighted by Gasteiger charge is 2.19. The number of halogens is 2. The van der Waals surface area contributed by atoms with Gasteiger partial charge in [0, 0.05) is 5.69 Å². The van der Waals surface area contributed by atoms with Crippen LogP contribution in [0.3, 0.4) is 0 Å². The fraction of sp³-hybridized carbons (Fsp3) is 0.0769. The van der Waals surface area contributed by atoms with Crippen molar-refractivity contribution in [3.05, 3.63) is 52.0 Å². The number of anilines is 2. The van der Waals surface area contributed by atoms with E-state index in [-0.39, 0.29) is 9.92 Å². The van der Waals surface area contributed by atoms with Gasteiger partial charge in [0.15, 0.2) is 0 Å². The predicted molar refractivity (Wildman–Crippen MR) is 82.9 cm³/mol. The van der Waals surface area contributed by atoms with Crippen LogP contribution in [0.4, 0.5) is 11.4 Å². The van der Waals surface area contributed by atoms with Crippen molar-refractivity contribution >= 4 is 44.6 Å². The van der Waals surface area contributed by atoms with Crippen molar-refractivity contribution in [1.82, 2.24) is 0 Å². The van der Waals surface area contributed by atoms with Gasteiger partial charge in [0.1, 0.15) is 4.90 Å². The summed E-state index contributed by atoms with van der Waals surface area (Å²) >= 11 is 11.9. The van der Waals surface area contributed by atoms with Crippen LogP contribution in [0.2, 0.25) is 10.0 Å². The van der Waals surface area contributed by atoms with Gasteiger partial charge in [-0.15, -0.1) is 0 Å². The molecule has 0 atom stereocenters. The molecule has 0 aromatic heterocycles. The minimum Gasteiger partial charge on any atom is -0.399 e. The lowest BCUT2D eigenvalue weighted by atomic mass is 10.2. The zero-order chi connectivity index (χ0) is 14.9. The number of hydrogen-bond acceptors (Lipinski definition) is 3. The number of aryl methyl sites for hydroxylation is 1. The molecule has 4 nitrogen and oxygen atoms in total. The summed E-state index contributed by atoms with van der Waals surface area (Å²) < 4.78 is 27.0. The molecule has 2 rings (SSSR count). The molecular formula is C13H12Cl2N2O2S. The zero-order valence-corrected chi connectivity index (χ0v) is 12.9. The van der Waals surface area contributed by atoms with E-state index in [2.05, 4.69) is 4.72 Å². The van der Waals surface area contributed by atoms with Gasteiger partial charge in [-0.3, -0.25) is 4.72 Å². The number of benzene rings is 2. The maximum absolute atomic E-state index is 12.3. The molecule has 106 valence electrons. The van der Waals surface area contributed by atoms with Gasteiger partial charge in [0.05, 0.1) is 15.7 Å². The van der Waals surface area contributed by atoms with Gasteiger partial charge in [-0.05, 0) is 42.8 Å². The fourth-order valence-corrected chi connectivity index (χ4v) is 3.50. The third kappa shape index (κ3) is 3.17. The van der Waals surface area contributed by atoms with Gasteiger partial charge in [-0.1, -0.05) is 29.3 Å². The van der Waals surface area contributed by atoms with Crippen LogP contribution < -0.4 is 10.5 Å². The first kappa shape index (κ1) is 15.0.